The summed E-state index contributed by atoms with van der Waals surface area (Å²) in [5.41, 5.74) is 1.01. The number of benzene rings is 1. The van der Waals surface area contributed by atoms with E-state index in [4.69, 9.17) is 11.6 Å². The molecule has 1 heterocycles. The Morgan fingerprint density at radius 2 is 1.60 bits per heavy atom. The lowest BCUT2D eigenvalue weighted by Gasteiger charge is -2.40. The Bertz CT molecular complexity index is 493. The average molecular weight is 329 g/mol. The van der Waals surface area contributed by atoms with Gasteiger partial charge in [0.25, 0.3) is 0 Å². The number of carbonyl (C=O) groups excluding carboxylic acids is 2. The molecule has 108 valence electrons. The van der Waals surface area contributed by atoms with Crippen molar-refractivity contribution in [2.24, 2.45) is 5.92 Å². The summed E-state index contributed by atoms with van der Waals surface area (Å²) in [4.78, 5) is 24.1. The van der Waals surface area contributed by atoms with Crippen molar-refractivity contribution in [2.45, 2.75) is 24.3 Å². The lowest BCUT2D eigenvalue weighted by atomic mass is 9.91. The van der Waals surface area contributed by atoms with E-state index in [-0.39, 0.29) is 11.6 Å². The van der Waals surface area contributed by atoms with Crippen LogP contribution in [0.1, 0.15) is 25.8 Å². The van der Waals surface area contributed by atoms with Crippen LogP contribution in [0, 0.1) is 5.92 Å². The van der Waals surface area contributed by atoms with Gasteiger partial charge in [-0.3, -0.25) is 9.59 Å². The molecule has 0 amide bonds. The molecular formula is C15H17ClO2S2. The van der Waals surface area contributed by atoms with Gasteiger partial charge in [-0.1, -0.05) is 23.7 Å². The Morgan fingerprint density at radius 1 is 1.10 bits per heavy atom. The van der Waals surface area contributed by atoms with Crippen LogP contribution in [0.15, 0.2) is 24.3 Å². The van der Waals surface area contributed by atoms with Crippen LogP contribution in [-0.4, -0.2) is 23.1 Å². The number of thioether (sulfide) groups is 2. The third-order valence-electron chi connectivity index (χ3n) is 3.36. The van der Waals surface area contributed by atoms with Crippen molar-refractivity contribution in [1.82, 2.24) is 0 Å². The zero-order chi connectivity index (χ0) is 14.8. The molecule has 2 rings (SSSR count). The molecule has 5 heteroatoms. The van der Waals surface area contributed by atoms with E-state index in [0.29, 0.717) is 5.02 Å². The van der Waals surface area contributed by atoms with E-state index in [2.05, 4.69) is 0 Å². The molecule has 1 fully saturated rings. The van der Waals surface area contributed by atoms with Crippen LogP contribution in [0.4, 0.5) is 0 Å². The quantitative estimate of drug-likeness (QED) is 0.777. The first-order valence-corrected chi connectivity index (χ1v) is 8.87. The summed E-state index contributed by atoms with van der Waals surface area (Å²) in [5, 5.41) is 0.664. The molecule has 0 saturated carbocycles. The molecule has 1 saturated heterocycles. The molecule has 1 aliphatic rings. The van der Waals surface area contributed by atoms with Crippen LogP contribution < -0.4 is 0 Å². The predicted molar refractivity (Wildman–Crippen MR) is 87.5 cm³/mol. The van der Waals surface area contributed by atoms with E-state index >= 15 is 0 Å². The van der Waals surface area contributed by atoms with Gasteiger partial charge >= 0.3 is 0 Å². The zero-order valence-electron chi connectivity index (χ0n) is 11.5. The Balaban J connectivity index is 2.51. The molecule has 0 N–H and O–H groups in total. The number of ketones is 2. The van der Waals surface area contributed by atoms with E-state index in [0.717, 1.165) is 23.5 Å². The summed E-state index contributed by atoms with van der Waals surface area (Å²) in [5.74, 6) is 1.21. The van der Waals surface area contributed by atoms with E-state index in [1.807, 2.05) is 24.3 Å². The largest absolute Gasteiger partial charge is 0.299 e. The second-order valence-electron chi connectivity index (χ2n) is 4.88. The summed E-state index contributed by atoms with van der Waals surface area (Å²) in [6.07, 6.45) is 1.10. The summed E-state index contributed by atoms with van der Waals surface area (Å²) < 4.78 is -0.499. The normalized spacial score (nSPS) is 18.0. The fourth-order valence-electron chi connectivity index (χ4n) is 2.55. The third kappa shape index (κ3) is 3.07. The van der Waals surface area contributed by atoms with Crippen molar-refractivity contribution in [2.75, 3.05) is 11.5 Å². The Kier molecular flexibility index (Phi) is 5.21. The lowest BCUT2D eigenvalue weighted by molar-refractivity contribution is -0.130. The fraction of sp³-hybridized carbons (Fsp3) is 0.467. The van der Waals surface area contributed by atoms with Crippen LogP contribution in [0.5, 0.6) is 0 Å². The fourth-order valence-corrected chi connectivity index (χ4v) is 6.48. The molecule has 20 heavy (non-hydrogen) atoms. The van der Waals surface area contributed by atoms with Crippen molar-refractivity contribution in [1.29, 1.82) is 0 Å². The minimum Gasteiger partial charge on any atom is -0.299 e. The number of halogens is 1. The molecule has 1 aromatic carbocycles. The van der Waals surface area contributed by atoms with Gasteiger partial charge in [0.1, 0.15) is 21.6 Å². The standard InChI is InChI=1S/C15H17ClO2S2/c1-10(17)14(11(2)18)15(19-8-3-9-20-15)12-4-6-13(16)7-5-12/h4-7,14H,3,8-9H2,1-2H3. The molecule has 0 unspecified atom stereocenters. The van der Waals surface area contributed by atoms with Gasteiger partial charge < -0.3 is 0 Å². The Hall–Kier alpha value is -0.450. The molecule has 0 spiro atoms. The highest BCUT2D eigenvalue weighted by Gasteiger charge is 2.47. The number of hydrogen-bond donors (Lipinski definition) is 0. The number of carbonyl (C=O) groups is 2. The Labute approximate surface area is 133 Å². The predicted octanol–water partition coefficient (Wildman–Crippen LogP) is 4.16. The van der Waals surface area contributed by atoms with Crippen molar-refractivity contribution in [3.05, 3.63) is 34.9 Å². The molecule has 0 bridgehead atoms. The van der Waals surface area contributed by atoms with Gasteiger partial charge in [-0.2, -0.15) is 0 Å². The SMILES string of the molecule is CC(=O)C(C(C)=O)C1(c2ccc(Cl)cc2)SCCCS1. The van der Waals surface area contributed by atoms with Gasteiger partial charge in [0.15, 0.2) is 0 Å². The van der Waals surface area contributed by atoms with Crippen molar-refractivity contribution < 1.29 is 9.59 Å². The van der Waals surface area contributed by atoms with Gasteiger partial charge in [-0.15, -0.1) is 23.5 Å². The number of Topliss-reactive ketones (excluding diaryl/α,β-unsaturated/α-hetero) is 2. The lowest BCUT2D eigenvalue weighted by Crippen LogP contribution is -2.40. The van der Waals surface area contributed by atoms with Crippen molar-refractivity contribution in [3.63, 3.8) is 0 Å². The molecular weight excluding hydrogens is 312 g/mol. The zero-order valence-corrected chi connectivity index (χ0v) is 13.9. The summed E-state index contributed by atoms with van der Waals surface area (Å²) >= 11 is 9.38. The second-order valence-corrected chi connectivity index (χ2v) is 8.26. The number of hydrogen-bond acceptors (Lipinski definition) is 4. The summed E-state index contributed by atoms with van der Waals surface area (Å²) in [6, 6.07) is 7.52. The third-order valence-corrected chi connectivity index (χ3v) is 7.11. The maximum absolute atomic E-state index is 12.1. The summed E-state index contributed by atoms with van der Waals surface area (Å²) in [6.45, 7) is 3.03. The van der Waals surface area contributed by atoms with E-state index in [1.54, 1.807) is 23.5 Å². The van der Waals surface area contributed by atoms with Crippen LogP contribution in [0.25, 0.3) is 0 Å². The van der Waals surface area contributed by atoms with E-state index < -0.39 is 10.00 Å². The monoisotopic (exact) mass is 328 g/mol. The molecule has 0 aliphatic carbocycles. The Morgan fingerprint density at radius 3 is 2.05 bits per heavy atom. The second kappa shape index (κ2) is 6.54. The average Bonchev–Trinajstić information content (AvgIpc) is 2.39. The topological polar surface area (TPSA) is 34.1 Å². The van der Waals surface area contributed by atoms with Crippen LogP contribution in [-0.2, 0) is 13.7 Å². The van der Waals surface area contributed by atoms with Crippen molar-refractivity contribution in [3.8, 4) is 0 Å². The minimum absolute atomic E-state index is 0.0608. The highest BCUT2D eigenvalue weighted by atomic mass is 35.5. The molecule has 0 aromatic heterocycles. The molecule has 0 atom stereocenters. The van der Waals surface area contributed by atoms with Crippen LogP contribution in [0.2, 0.25) is 5.02 Å². The first-order chi connectivity index (χ1) is 9.47. The molecule has 1 aliphatic heterocycles. The highest BCUT2D eigenvalue weighted by Crippen LogP contribution is 2.55. The van der Waals surface area contributed by atoms with Gasteiger partial charge in [0, 0.05) is 5.02 Å². The highest BCUT2D eigenvalue weighted by molar-refractivity contribution is 8.18. The maximum Gasteiger partial charge on any atom is 0.142 e. The molecule has 1 aromatic rings. The number of rotatable bonds is 4. The van der Waals surface area contributed by atoms with Gasteiger partial charge in [0.05, 0.1) is 0 Å². The maximum atomic E-state index is 12.1. The van der Waals surface area contributed by atoms with Gasteiger partial charge in [-0.25, -0.2) is 0 Å². The van der Waals surface area contributed by atoms with Gasteiger partial charge in [0.2, 0.25) is 0 Å². The summed E-state index contributed by atoms with van der Waals surface area (Å²) in [7, 11) is 0. The minimum atomic E-state index is -0.598. The van der Waals surface area contributed by atoms with E-state index in [9.17, 15) is 9.59 Å². The van der Waals surface area contributed by atoms with Crippen molar-refractivity contribution >= 4 is 46.7 Å². The molecule has 0 radical (unpaired) electrons. The van der Waals surface area contributed by atoms with Crippen LogP contribution in [0.3, 0.4) is 0 Å². The smallest absolute Gasteiger partial charge is 0.142 e. The van der Waals surface area contributed by atoms with Gasteiger partial charge in [-0.05, 0) is 49.5 Å². The first-order valence-electron chi connectivity index (χ1n) is 6.52. The first kappa shape index (κ1) is 15.9. The van der Waals surface area contributed by atoms with Crippen LogP contribution >= 0.6 is 35.1 Å². The molecule has 2 nitrogen and oxygen atoms in total. The van der Waals surface area contributed by atoms with E-state index in [1.165, 1.54) is 13.8 Å².